The lowest BCUT2D eigenvalue weighted by atomic mass is 10.0. The zero-order chi connectivity index (χ0) is 24.7. The minimum atomic E-state index is -3.82. The van der Waals surface area contributed by atoms with Gasteiger partial charge in [0.1, 0.15) is 6.29 Å². The topological polar surface area (TPSA) is 63.2 Å². The average molecular weight is 482 g/mol. The third-order valence-electron chi connectivity index (χ3n) is 5.72. The molecule has 0 aliphatic heterocycles. The standard InChI is InChI=1S/C30H27NO3S/c1-23-7-9-24(10-8-23)11-12-25-13-15-27(16-14-25)28-17-19-30(20-18-28)35(33,34)31-29(22-32)21-26-5-3-2-4-6-26/h2-20,22,29,31H,21H2,1H3/b12-11+. The Morgan fingerprint density at radius 2 is 1.23 bits per heavy atom. The fraction of sp³-hybridized carbons (Fsp3) is 0.100. The summed E-state index contributed by atoms with van der Waals surface area (Å²) in [5.41, 5.74) is 6.25. The van der Waals surface area contributed by atoms with Crippen molar-refractivity contribution in [3.8, 4) is 11.1 Å². The van der Waals surface area contributed by atoms with Gasteiger partial charge in [-0.15, -0.1) is 0 Å². The van der Waals surface area contributed by atoms with Crippen LogP contribution >= 0.6 is 0 Å². The summed E-state index contributed by atoms with van der Waals surface area (Å²) in [7, 11) is -3.82. The molecular formula is C30H27NO3S. The van der Waals surface area contributed by atoms with Gasteiger partial charge in [-0.1, -0.05) is 109 Å². The van der Waals surface area contributed by atoms with Gasteiger partial charge in [-0.3, -0.25) is 0 Å². The average Bonchev–Trinajstić information content (AvgIpc) is 2.89. The SMILES string of the molecule is Cc1ccc(/C=C/c2ccc(-c3ccc(S(=O)(=O)NC(C=O)Cc4ccccc4)cc3)cc2)cc1. The van der Waals surface area contributed by atoms with Crippen molar-refractivity contribution in [1.29, 1.82) is 0 Å². The van der Waals surface area contributed by atoms with E-state index in [1.165, 1.54) is 5.56 Å². The van der Waals surface area contributed by atoms with Gasteiger partial charge in [0.15, 0.2) is 0 Å². The molecule has 5 heteroatoms. The Hall–Kier alpha value is -3.80. The Balaban J connectivity index is 1.43. The van der Waals surface area contributed by atoms with Gasteiger partial charge >= 0.3 is 0 Å². The molecular weight excluding hydrogens is 454 g/mol. The highest BCUT2D eigenvalue weighted by Crippen LogP contribution is 2.23. The monoisotopic (exact) mass is 481 g/mol. The molecule has 4 nitrogen and oxygen atoms in total. The van der Waals surface area contributed by atoms with E-state index in [1.807, 2.05) is 54.6 Å². The third kappa shape index (κ3) is 6.63. The lowest BCUT2D eigenvalue weighted by Crippen LogP contribution is -2.37. The fourth-order valence-electron chi connectivity index (χ4n) is 3.74. The van der Waals surface area contributed by atoms with Gasteiger partial charge in [-0.25, -0.2) is 13.1 Å². The van der Waals surface area contributed by atoms with Crippen molar-refractivity contribution in [3.63, 3.8) is 0 Å². The summed E-state index contributed by atoms with van der Waals surface area (Å²) in [5, 5.41) is 0. The highest BCUT2D eigenvalue weighted by molar-refractivity contribution is 7.89. The molecule has 0 amide bonds. The first-order chi connectivity index (χ1) is 16.9. The summed E-state index contributed by atoms with van der Waals surface area (Å²) in [5.74, 6) is 0. The minimum absolute atomic E-state index is 0.124. The number of hydrogen-bond acceptors (Lipinski definition) is 3. The summed E-state index contributed by atoms with van der Waals surface area (Å²) < 4.78 is 28.1. The molecule has 4 rings (SSSR count). The predicted octanol–water partition coefficient (Wildman–Crippen LogP) is 5.92. The maximum absolute atomic E-state index is 12.8. The number of sulfonamides is 1. The van der Waals surface area contributed by atoms with Crippen molar-refractivity contribution in [3.05, 3.63) is 125 Å². The van der Waals surface area contributed by atoms with Gasteiger partial charge in [0.2, 0.25) is 10.0 Å². The Kier molecular flexibility index (Phi) is 7.70. The van der Waals surface area contributed by atoms with E-state index in [-0.39, 0.29) is 4.90 Å². The van der Waals surface area contributed by atoms with Crippen LogP contribution < -0.4 is 4.72 Å². The molecule has 4 aromatic rings. The van der Waals surface area contributed by atoms with E-state index in [4.69, 9.17) is 0 Å². The largest absolute Gasteiger partial charge is 0.302 e. The summed E-state index contributed by atoms with van der Waals surface area (Å²) in [6, 6.07) is 31.6. The second kappa shape index (κ2) is 11.1. The van der Waals surface area contributed by atoms with Gasteiger partial charge in [-0.05, 0) is 53.3 Å². The van der Waals surface area contributed by atoms with Crippen LogP contribution in [-0.4, -0.2) is 20.7 Å². The van der Waals surface area contributed by atoms with Crippen molar-refractivity contribution in [2.24, 2.45) is 0 Å². The zero-order valence-electron chi connectivity index (χ0n) is 19.5. The molecule has 1 unspecified atom stereocenters. The van der Waals surface area contributed by atoms with Crippen molar-refractivity contribution in [1.82, 2.24) is 4.72 Å². The molecule has 0 saturated carbocycles. The number of carbonyl (C=O) groups excluding carboxylic acids is 1. The second-order valence-electron chi connectivity index (χ2n) is 8.44. The van der Waals surface area contributed by atoms with Crippen molar-refractivity contribution >= 4 is 28.5 Å². The Labute approximate surface area is 207 Å². The molecule has 0 saturated heterocycles. The first-order valence-corrected chi connectivity index (χ1v) is 12.9. The second-order valence-corrected chi connectivity index (χ2v) is 10.2. The molecule has 0 aliphatic rings. The fourth-order valence-corrected chi connectivity index (χ4v) is 4.90. The van der Waals surface area contributed by atoms with Gasteiger partial charge in [0.25, 0.3) is 0 Å². The first kappa shape index (κ1) is 24.3. The number of aldehydes is 1. The highest BCUT2D eigenvalue weighted by atomic mass is 32.2. The molecule has 0 heterocycles. The molecule has 0 aromatic heterocycles. The molecule has 0 bridgehead atoms. The molecule has 176 valence electrons. The van der Waals surface area contributed by atoms with E-state index in [1.54, 1.807) is 24.3 Å². The maximum Gasteiger partial charge on any atom is 0.241 e. The smallest absolute Gasteiger partial charge is 0.241 e. The van der Waals surface area contributed by atoms with Gasteiger partial charge in [0.05, 0.1) is 10.9 Å². The normalized spacial score (nSPS) is 12.5. The van der Waals surface area contributed by atoms with E-state index in [0.29, 0.717) is 12.7 Å². The summed E-state index contributed by atoms with van der Waals surface area (Å²) in [4.78, 5) is 11.6. The van der Waals surface area contributed by atoms with E-state index < -0.39 is 16.1 Å². The summed E-state index contributed by atoms with van der Waals surface area (Å²) in [6.45, 7) is 2.07. The zero-order valence-corrected chi connectivity index (χ0v) is 20.3. The van der Waals surface area contributed by atoms with Crippen molar-refractivity contribution in [2.45, 2.75) is 24.3 Å². The molecule has 1 atom stereocenters. The lowest BCUT2D eigenvalue weighted by Gasteiger charge is -2.14. The molecule has 35 heavy (non-hydrogen) atoms. The van der Waals surface area contributed by atoms with Crippen molar-refractivity contribution < 1.29 is 13.2 Å². The van der Waals surface area contributed by atoms with Crippen LogP contribution in [0.4, 0.5) is 0 Å². The molecule has 0 spiro atoms. The number of benzene rings is 4. The molecule has 0 aliphatic carbocycles. The minimum Gasteiger partial charge on any atom is -0.302 e. The van der Waals surface area contributed by atoms with Gasteiger partial charge in [-0.2, -0.15) is 0 Å². The van der Waals surface area contributed by atoms with Crippen LogP contribution in [-0.2, 0) is 21.2 Å². The maximum atomic E-state index is 12.8. The van der Waals surface area contributed by atoms with Gasteiger partial charge in [0, 0.05) is 0 Å². The number of hydrogen-bond donors (Lipinski definition) is 1. The van der Waals surface area contributed by atoms with Crippen LogP contribution in [0.5, 0.6) is 0 Å². The predicted molar refractivity (Wildman–Crippen MR) is 142 cm³/mol. The van der Waals surface area contributed by atoms with Crippen LogP contribution in [0.2, 0.25) is 0 Å². The summed E-state index contributed by atoms with van der Waals surface area (Å²) >= 11 is 0. The van der Waals surface area contributed by atoms with E-state index in [2.05, 4.69) is 48.1 Å². The van der Waals surface area contributed by atoms with Crippen LogP contribution in [0.25, 0.3) is 23.3 Å². The number of carbonyl (C=O) groups is 1. The van der Waals surface area contributed by atoms with Gasteiger partial charge < -0.3 is 4.79 Å². The van der Waals surface area contributed by atoms with E-state index in [9.17, 15) is 13.2 Å². The Morgan fingerprint density at radius 3 is 1.77 bits per heavy atom. The number of rotatable bonds is 9. The van der Waals surface area contributed by atoms with Crippen LogP contribution in [0.3, 0.4) is 0 Å². The molecule has 0 fully saturated rings. The first-order valence-electron chi connectivity index (χ1n) is 11.4. The lowest BCUT2D eigenvalue weighted by molar-refractivity contribution is -0.109. The Bertz CT molecular complexity index is 1390. The van der Waals surface area contributed by atoms with Crippen LogP contribution in [0.15, 0.2) is 108 Å². The molecule has 1 N–H and O–H groups in total. The Morgan fingerprint density at radius 1 is 0.714 bits per heavy atom. The van der Waals surface area contributed by atoms with E-state index >= 15 is 0 Å². The number of nitrogens with one attached hydrogen (secondary N) is 1. The molecule has 4 aromatic carbocycles. The highest BCUT2D eigenvalue weighted by Gasteiger charge is 2.20. The van der Waals surface area contributed by atoms with Crippen LogP contribution in [0, 0.1) is 6.92 Å². The van der Waals surface area contributed by atoms with Crippen LogP contribution in [0.1, 0.15) is 22.3 Å². The molecule has 0 radical (unpaired) electrons. The van der Waals surface area contributed by atoms with E-state index in [0.717, 1.165) is 27.8 Å². The summed E-state index contributed by atoms with van der Waals surface area (Å²) in [6.07, 6.45) is 5.07. The van der Waals surface area contributed by atoms with Crippen molar-refractivity contribution in [2.75, 3.05) is 0 Å². The third-order valence-corrected chi connectivity index (χ3v) is 7.23. The quantitative estimate of drug-likeness (QED) is 0.238. The number of aryl methyl sites for hydroxylation is 1.